The number of hydrogen-bond donors (Lipinski definition) is 2. The first kappa shape index (κ1) is 17.4. The number of ether oxygens (including phenoxy) is 1. The van der Waals surface area contributed by atoms with Gasteiger partial charge in [0, 0.05) is 10.7 Å². The molecule has 1 heterocycles. The number of hydrogen-bond acceptors (Lipinski definition) is 5. The van der Waals surface area contributed by atoms with Crippen molar-refractivity contribution in [1.82, 2.24) is 9.97 Å². The summed E-state index contributed by atoms with van der Waals surface area (Å²) in [5.41, 5.74) is 1.87. The highest BCUT2D eigenvalue weighted by atomic mass is 35.5. The number of halogens is 1. The van der Waals surface area contributed by atoms with Gasteiger partial charge >= 0.3 is 5.97 Å². The van der Waals surface area contributed by atoms with Crippen molar-refractivity contribution in [1.29, 1.82) is 0 Å². The third-order valence-corrected chi connectivity index (χ3v) is 3.98. The number of nitrogens with zero attached hydrogens (tertiary/aromatic N) is 1. The Labute approximate surface area is 143 Å². The van der Waals surface area contributed by atoms with Gasteiger partial charge in [0.25, 0.3) is 0 Å². The minimum absolute atomic E-state index is 0.154. The fourth-order valence-corrected chi connectivity index (χ4v) is 2.56. The molecule has 0 saturated carbocycles. The van der Waals surface area contributed by atoms with Crippen LogP contribution in [0.5, 0.6) is 0 Å². The first-order chi connectivity index (χ1) is 11.0. The second-order valence-corrected chi connectivity index (χ2v) is 6.02. The van der Waals surface area contributed by atoms with E-state index in [2.05, 4.69) is 15.3 Å². The van der Waals surface area contributed by atoms with Crippen LogP contribution in [0.15, 0.2) is 29.6 Å². The molecule has 1 amide bonds. The molecule has 122 valence electrons. The zero-order valence-electron chi connectivity index (χ0n) is 12.7. The second-order valence-electron chi connectivity index (χ2n) is 4.62. The number of carbonyl (C=O) groups excluding carboxylic acids is 2. The Morgan fingerprint density at radius 3 is 2.96 bits per heavy atom. The molecule has 0 saturated heterocycles. The summed E-state index contributed by atoms with van der Waals surface area (Å²) in [7, 11) is 0. The molecule has 2 aromatic rings. The van der Waals surface area contributed by atoms with E-state index in [9.17, 15) is 9.59 Å². The Kier molecular flexibility index (Phi) is 6.06. The highest BCUT2D eigenvalue weighted by Gasteiger charge is 2.12. The number of rotatable bonds is 6. The quantitative estimate of drug-likeness (QED) is 0.615. The van der Waals surface area contributed by atoms with Gasteiger partial charge in [0.05, 0.1) is 18.6 Å². The number of imidazole rings is 1. The molecule has 2 rings (SSSR count). The number of esters is 1. The molecule has 0 spiro atoms. The second kappa shape index (κ2) is 8.03. The fourth-order valence-electron chi connectivity index (χ4n) is 1.74. The van der Waals surface area contributed by atoms with Crippen LogP contribution in [0.2, 0.25) is 5.02 Å². The lowest BCUT2D eigenvalue weighted by Gasteiger charge is -2.08. The molecule has 8 heteroatoms. The fraction of sp³-hybridized carbons (Fsp3) is 0.267. The van der Waals surface area contributed by atoms with Crippen LogP contribution in [-0.4, -0.2) is 34.2 Å². The van der Waals surface area contributed by atoms with Gasteiger partial charge in [-0.05, 0) is 31.5 Å². The lowest BCUT2D eigenvalue weighted by atomic mass is 10.2. The van der Waals surface area contributed by atoms with Crippen molar-refractivity contribution in [3.8, 4) is 0 Å². The average molecular weight is 354 g/mol. The summed E-state index contributed by atoms with van der Waals surface area (Å²) < 4.78 is 4.86. The van der Waals surface area contributed by atoms with E-state index in [1.165, 1.54) is 18.0 Å². The Bertz CT molecular complexity index is 718. The minimum Gasteiger partial charge on any atom is -0.461 e. The lowest BCUT2D eigenvalue weighted by Crippen LogP contribution is -2.15. The van der Waals surface area contributed by atoms with Crippen LogP contribution in [0.4, 0.5) is 5.69 Å². The predicted molar refractivity (Wildman–Crippen MR) is 90.1 cm³/mol. The first-order valence-corrected chi connectivity index (χ1v) is 8.27. The number of amides is 1. The Morgan fingerprint density at radius 2 is 2.22 bits per heavy atom. The maximum absolute atomic E-state index is 12.0. The van der Waals surface area contributed by atoms with E-state index in [-0.39, 0.29) is 17.4 Å². The largest absolute Gasteiger partial charge is 0.461 e. The van der Waals surface area contributed by atoms with E-state index in [1.807, 2.05) is 13.0 Å². The molecular formula is C15H16ClN3O3S. The van der Waals surface area contributed by atoms with Gasteiger partial charge in [-0.2, -0.15) is 0 Å². The number of aryl methyl sites for hydroxylation is 1. The van der Waals surface area contributed by atoms with Crippen molar-refractivity contribution < 1.29 is 14.3 Å². The van der Waals surface area contributed by atoms with E-state index in [1.54, 1.807) is 19.1 Å². The van der Waals surface area contributed by atoms with E-state index < -0.39 is 5.97 Å². The number of anilines is 1. The number of nitrogens with one attached hydrogen (secondary N) is 2. The van der Waals surface area contributed by atoms with Crippen LogP contribution in [0.25, 0.3) is 0 Å². The highest BCUT2D eigenvalue weighted by Crippen LogP contribution is 2.21. The van der Waals surface area contributed by atoms with Crippen LogP contribution >= 0.6 is 23.4 Å². The topological polar surface area (TPSA) is 84.1 Å². The average Bonchev–Trinajstić information content (AvgIpc) is 2.98. The third kappa shape index (κ3) is 5.01. The molecule has 1 aromatic heterocycles. The van der Waals surface area contributed by atoms with Crippen LogP contribution in [-0.2, 0) is 9.53 Å². The summed E-state index contributed by atoms with van der Waals surface area (Å²) in [6.07, 6.45) is 1.39. The van der Waals surface area contributed by atoms with Gasteiger partial charge in [0.2, 0.25) is 5.91 Å². The van der Waals surface area contributed by atoms with Gasteiger partial charge in [0.15, 0.2) is 5.16 Å². The molecule has 2 N–H and O–H groups in total. The smallest absolute Gasteiger partial charge is 0.356 e. The molecule has 0 fully saturated rings. The third-order valence-electron chi connectivity index (χ3n) is 2.86. The van der Waals surface area contributed by atoms with Crippen LogP contribution in [0, 0.1) is 6.92 Å². The summed E-state index contributed by atoms with van der Waals surface area (Å²) in [4.78, 5) is 30.3. The maximum atomic E-state index is 12.0. The minimum atomic E-state index is -0.467. The van der Waals surface area contributed by atoms with Gasteiger partial charge in [-0.3, -0.25) is 4.79 Å². The normalized spacial score (nSPS) is 10.4. The number of thioether (sulfide) groups is 1. The highest BCUT2D eigenvalue weighted by molar-refractivity contribution is 7.99. The first-order valence-electron chi connectivity index (χ1n) is 6.90. The van der Waals surface area contributed by atoms with Crippen LogP contribution in [0.1, 0.15) is 23.0 Å². The number of H-pyrrole nitrogens is 1. The van der Waals surface area contributed by atoms with Gasteiger partial charge in [-0.25, -0.2) is 9.78 Å². The molecule has 6 nitrogen and oxygen atoms in total. The Balaban J connectivity index is 1.89. The molecule has 1 aromatic carbocycles. The molecular weight excluding hydrogens is 338 g/mol. The van der Waals surface area contributed by atoms with Gasteiger partial charge in [-0.1, -0.05) is 29.4 Å². The Hall–Kier alpha value is -1.99. The summed E-state index contributed by atoms with van der Waals surface area (Å²) in [5.74, 6) is -0.498. The van der Waals surface area contributed by atoms with Crippen LogP contribution in [0.3, 0.4) is 0 Å². The van der Waals surface area contributed by atoms with Gasteiger partial charge in [0.1, 0.15) is 5.69 Å². The summed E-state index contributed by atoms with van der Waals surface area (Å²) in [6, 6.07) is 5.30. The van der Waals surface area contributed by atoms with Crippen molar-refractivity contribution >= 4 is 40.9 Å². The predicted octanol–water partition coefficient (Wildman–Crippen LogP) is 3.28. The van der Waals surface area contributed by atoms with Crippen molar-refractivity contribution in [2.45, 2.75) is 19.0 Å². The zero-order valence-corrected chi connectivity index (χ0v) is 14.3. The molecule has 0 unspecified atom stereocenters. The van der Waals surface area contributed by atoms with E-state index in [4.69, 9.17) is 16.3 Å². The molecule has 0 aliphatic carbocycles. The van der Waals surface area contributed by atoms with Crippen LogP contribution < -0.4 is 5.32 Å². The van der Waals surface area contributed by atoms with Crippen molar-refractivity contribution in [3.63, 3.8) is 0 Å². The summed E-state index contributed by atoms with van der Waals surface area (Å²) in [6.45, 7) is 3.91. The van der Waals surface area contributed by atoms with E-state index in [0.29, 0.717) is 22.5 Å². The SMILES string of the molecule is CCOC(=O)c1cnc(SCC(=O)Nc2cc(Cl)ccc2C)[nH]1. The number of benzene rings is 1. The molecule has 0 radical (unpaired) electrons. The van der Waals surface area contributed by atoms with Crippen molar-refractivity contribution in [3.05, 3.63) is 40.7 Å². The molecule has 0 aliphatic heterocycles. The lowest BCUT2D eigenvalue weighted by molar-refractivity contribution is -0.113. The monoisotopic (exact) mass is 353 g/mol. The van der Waals surface area contributed by atoms with Crippen molar-refractivity contribution in [2.24, 2.45) is 0 Å². The van der Waals surface area contributed by atoms with E-state index in [0.717, 1.165) is 5.56 Å². The summed E-state index contributed by atoms with van der Waals surface area (Å²) >= 11 is 7.11. The molecule has 0 bridgehead atoms. The van der Waals surface area contributed by atoms with Gasteiger partial charge in [-0.15, -0.1) is 0 Å². The molecule has 23 heavy (non-hydrogen) atoms. The summed E-state index contributed by atoms with van der Waals surface area (Å²) in [5, 5.41) is 3.83. The zero-order chi connectivity index (χ0) is 16.8. The molecule has 0 atom stereocenters. The Morgan fingerprint density at radius 1 is 1.43 bits per heavy atom. The number of carbonyl (C=O) groups is 2. The molecule has 0 aliphatic rings. The number of aromatic nitrogens is 2. The maximum Gasteiger partial charge on any atom is 0.356 e. The number of aromatic amines is 1. The standard InChI is InChI=1S/C15H16ClN3O3S/c1-3-22-14(21)12-7-17-15(19-12)23-8-13(20)18-11-6-10(16)5-4-9(11)2/h4-7H,3,8H2,1-2H3,(H,17,19)(H,18,20). The van der Waals surface area contributed by atoms with E-state index >= 15 is 0 Å². The van der Waals surface area contributed by atoms with Gasteiger partial charge < -0.3 is 15.0 Å². The van der Waals surface area contributed by atoms with Crippen molar-refractivity contribution in [2.75, 3.05) is 17.7 Å².